The molecule has 0 aromatic carbocycles. The van der Waals surface area contributed by atoms with Gasteiger partial charge in [-0.2, -0.15) is 0 Å². The van der Waals surface area contributed by atoms with Crippen LogP contribution in [0, 0.1) is 16.7 Å². The summed E-state index contributed by atoms with van der Waals surface area (Å²) in [6.07, 6.45) is 3.71. The second kappa shape index (κ2) is 4.80. The number of hydrogen-bond acceptors (Lipinski definition) is 4. The molecule has 0 aromatic rings. The highest BCUT2D eigenvalue weighted by molar-refractivity contribution is 5.77. The molecule has 0 radical (unpaired) electrons. The molecule has 4 heteroatoms. The second-order valence-corrected chi connectivity index (χ2v) is 6.86. The third kappa shape index (κ3) is 2.49. The third-order valence-electron chi connectivity index (χ3n) is 5.15. The number of esters is 2. The molecule has 0 heterocycles. The first-order valence-corrected chi connectivity index (χ1v) is 7.06. The Morgan fingerprint density at radius 3 is 2.32 bits per heavy atom. The van der Waals surface area contributed by atoms with Crippen molar-refractivity contribution in [2.24, 2.45) is 16.7 Å². The minimum Gasteiger partial charge on any atom is -0.469 e. The first-order valence-electron chi connectivity index (χ1n) is 7.06. The zero-order chi connectivity index (χ0) is 14.3. The summed E-state index contributed by atoms with van der Waals surface area (Å²) in [4.78, 5) is 22.9. The minimum absolute atomic E-state index is 0.0242. The Labute approximate surface area is 114 Å². The van der Waals surface area contributed by atoms with Gasteiger partial charge in [0.2, 0.25) is 0 Å². The Hall–Kier alpha value is -1.06. The molecule has 3 unspecified atom stereocenters. The van der Waals surface area contributed by atoms with Crippen molar-refractivity contribution in [3.05, 3.63) is 0 Å². The molecule has 0 N–H and O–H groups in total. The molecular weight excluding hydrogens is 244 g/mol. The molecule has 2 aliphatic rings. The van der Waals surface area contributed by atoms with Gasteiger partial charge in [0.15, 0.2) is 0 Å². The van der Waals surface area contributed by atoms with Gasteiger partial charge < -0.3 is 9.47 Å². The van der Waals surface area contributed by atoms with Crippen molar-refractivity contribution in [1.82, 2.24) is 0 Å². The molecule has 2 rings (SSSR count). The number of rotatable bonds is 4. The van der Waals surface area contributed by atoms with Crippen LogP contribution in [0.25, 0.3) is 0 Å². The fraction of sp³-hybridized carbons (Fsp3) is 0.867. The van der Waals surface area contributed by atoms with Crippen molar-refractivity contribution in [3.8, 4) is 0 Å². The molecule has 0 aliphatic heterocycles. The van der Waals surface area contributed by atoms with Crippen LogP contribution in [0.1, 0.15) is 52.9 Å². The molecule has 4 nitrogen and oxygen atoms in total. The van der Waals surface area contributed by atoms with Crippen molar-refractivity contribution in [2.75, 3.05) is 7.11 Å². The number of hydrogen-bond donors (Lipinski definition) is 0. The summed E-state index contributed by atoms with van der Waals surface area (Å²) in [7, 11) is 1.33. The van der Waals surface area contributed by atoms with Crippen LogP contribution in [0.5, 0.6) is 0 Å². The summed E-state index contributed by atoms with van der Waals surface area (Å²) >= 11 is 0. The molecular formula is C15H24O4. The molecule has 0 saturated heterocycles. The highest BCUT2D eigenvalue weighted by Gasteiger charge is 2.61. The molecule has 2 aliphatic carbocycles. The lowest BCUT2D eigenvalue weighted by Crippen LogP contribution is -2.43. The minimum atomic E-state index is -0.365. The summed E-state index contributed by atoms with van der Waals surface area (Å²) in [5.74, 6) is 0.00326. The van der Waals surface area contributed by atoms with Gasteiger partial charge in [-0.25, -0.2) is 0 Å². The highest BCUT2D eigenvalue weighted by Crippen LogP contribution is 2.63. The molecule has 3 atom stereocenters. The van der Waals surface area contributed by atoms with E-state index in [1.807, 2.05) is 0 Å². The summed E-state index contributed by atoms with van der Waals surface area (Å²) < 4.78 is 10.2. The lowest BCUT2D eigenvalue weighted by atomic mass is 9.70. The van der Waals surface area contributed by atoms with Crippen LogP contribution in [-0.2, 0) is 19.1 Å². The van der Waals surface area contributed by atoms with Gasteiger partial charge >= 0.3 is 11.9 Å². The van der Waals surface area contributed by atoms with E-state index >= 15 is 0 Å². The van der Waals surface area contributed by atoms with Crippen LogP contribution in [0.3, 0.4) is 0 Å². The maximum Gasteiger partial charge on any atom is 0.306 e. The maximum atomic E-state index is 11.9. The smallest absolute Gasteiger partial charge is 0.306 e. The average Bonchev–Trinajstić information content (AvgIpc) is 2.82. The van der Waals surface area contributed by atoms with Gasteiger partial charge in [0.05, 0.1) is 20.0 Å². The Kier molecular flexibility index (Phi) is 3.63. The Bertz CT molecular complexity index is 383. The van der Waals surface area contributed by atoms with Gasteiger partial charge in [-0.3, -0.25) is 9.59 Å². The largest absolute Gasteiger partial charge is 0.469 e. The van der Waals surface area contributed by atoms with Crippen LogP contribution in [0.4, 0.5) is 0 Å². The predicted molar refractivity (Wildman–Crippen MR) is 70.4 cm³/mol. The predicted octanol–water partition coefficient (Wildman–Crippen LogP) is 2.70. The number of carbonyl (C=O) groups is 2. The lowest BCUT2D eigenvalue weighted by Gasteiger charge is -2.41. The third-order valence-corrected chi connectivity index (χ3v) is 5.15. The van der Waals surface area contributed by atoms with Crippen LogP contribution >= 0.6 is 0 Å². The normalized spacial score (nSPS) is 35.2. The van der Waals surface area contributed by atoms with Crippen molar-refractivity contribution in [3.63, 3.8) is 0 Å². The zero-order valence-corrected chi connectivity index (χ0v) is 12.3. The van der Waals surface area contributed by atoms with E-state index in [1.165, 1.54) is 13.5 Å². The summed E-state index contributed by atoms with van der Waals surface area (Å²) in [5, 5.41) is 0. The summed E-state index contributed by atoms with van der Waals surface area (Å²) in [6.45, 7) is 6.61. The van der Waals surface area contributed by atoms with E-state index in [9.17, 15) is 9.59 Å². The Morgan fingerprint density at radius 2 is 1.79 bits per heavy atom. The molecule has 19 heavy (non-hydrogen) atoms. The van der Waals surface area contributed by atoms with Gasteiger partial charge in [0.1, 0.15) is 6.10 Å². The SMILES string of the molecule is COC(=O)CCC(=O)OC1C2(C)CCC(C2)C1(C)C. The van der Waals surface area contributed by atoms with Crippen LogP contribution in [0.15, 0.2) is 0 Å². The highest BCUT2D eigenvalue weighted by atomic mass is 16.5. The second-order valence-electron chi connectivity index (χ2n) is 6.86. The van der Waals surface area contributed by atoms with Crippen LogP contribution in [0.2, 0.25) is 0 Å². The topological polar surface area (TPSA) is 52.6 Å². The van der Waals surface area contributed by atoms with E-state index < -0.39 is 0 Å². The quantitative estimate of drug-likeness (QED) is 0.736. The van der Waals surface area contributed by atoms with Crippen molar-refractivity contribution in [1.29, 1.82) is 0 Å². The fourth-order valence-corrected chi connectivity index (χ4v) is 4.05. The maximum absolute atomic E-state index is 11.9. The van der Waals surface area contributed by atoms with Gasteiger partial charge in [-0.1, -0.05) is 20.8 Å². The molecule has 2 bridgehead atoms. The molecule has 0 aromatic heterocycles. The number of ether oxygens (including phenoxy) is 2. The van der Waals surface area contributed by atoms with E-state index in [4.69, 9.17) is 4.74 Å². The van der Waals surface area contributed by atoms with E-state index in [-0.39, 0.29) is 41.7 Å². The lowest BCUT2D eigenvalue weighted by molar-refractivity contribution is -0.166. The van der Waals surface area contributed by atoms with E-state index in [2.05, 4.69) is 25.5 Å². The summed E-state index contributed by atoms with van der Waals surface area (Å²) in [6, 6.07) is 0. The number of carbonyl (C=O) groups excluding carboxylic acids is 2. The van der Waals surface area contributed by atoms with Crippen molar-refractivity contribution < 1.29 is 19.1 Å². The van der Waals surface area contributed by atoms with Crippen molar-refractivity contribution >= 4 is 11.9 Å². The zero-order valence-electron chi connectivity index (χ0n) is 12.3. The standard InChI is InChI=1S/C15H24O4/c1-14(2)10-7-8-15(3,9-10)13(14)19-12(17)6-5-11(16)18-4/h10,13H,5-9H2,1-4H3. The van der Waals surface area contributed by atoms with Crippen molar-refractivity contribution in [2.45, 2.75) is 59.0 Å². The van der Waals surface area contributed by atoms with E-state index in [1.54, 1.807) is 0 Å². The summed E-state index contributed by atoms with van der Waals surface area (Å²) in [5.41, 5.74) is 0.170. The number of methoxy groups -OCH3 is 1. The van der Waals surface area contributed by atoms with Crippen LogP contribution < -0.4 is 0 Å². The Morgan fingerprint density at radius 1 is 1.16 bits per heavy atom. The van der Waals surface area contributed by atoms with Gasteiger partial charge in [0, 0.05) is 10.8 Å². The van der Waals surface area contributed by atoms with Gasteiger partial charge in [0.25, 0.3) is 0 Å². The molecule has 0 spiro atoms. The molecule has 2 fully saturated rings. The fourth-order valence-electron chi connectivity index (χ4n) is 4.05. The first-order chi connectivity index (χ1) is 8.79. The van der Waals surface area contributed by atoms with E-state index in [0.29, 0.717) is 5.92 Å². The number of fused-ring (bicyclic) bond motifs is 2. The van der Waals surface area contributed by atoms with Crippen LogP contribution in [-0.4, -0.2) is 25.2 Å². The van der Waals surface area contributed by atoms with Gasteiger partial charge in [-0.15, -0.1) is 0 Å². The molecule has 0 amide bonds. The monoisotopic (exact) mass is 268 g/mol. The van der Waals surface area contributed by atoms with E-state index in [0.717, 1.165) is 12.8 Å². The first kappa shape index (κ1) is 14.4. The molecule has 2 saturated carbocycles. The Balaban J connectivity index is 1.95. The average molecular weight is 268 g/mol. The van der Waals surface area contributed by atoms with Gasteiger partial charge in [-0.05, 0) is 25.2 Å². The molecule has 108 valence electrons.